The highest BCUT2D eigenvalue weighted by atomic mass is 16.5. The maximum Gasteiger partial charge on any atom is 0.476 e. The third-order valence-electron chi connectivity index (χ3n) is 1.78. The zero-order chi connectivity index (χ0) is 11.3. The van der Waals surface area contributed by atoms with Crippen molar-refractivity contribution < 1.29 is 14.0 Å². The topological polar surface area (TPSA) is 69.6 Å². The van der Waals surface area contributed by atoms with Crippen molar-refractivity contribution in [1.82, 2.24) is 5.10 Å². The normalized spacial score (nSPS) is 10.6. The third-order valence-corrected chi connectivity index (χ3v) is 1.78. The Hall–Kier alpha value is -1.85. The highest BCUT2D eigenvalue weighted by molar-refractivity contribution is 5.60. The van der Waals surface area contributed by atoms with Gasteiger partial charge in [-0.05, 0) is 13.8 Å². The van der Waals surface area contributed by atoms with Gasteiger partial charge in [0.1, 0.15) is 0 Å². The van der Waals surface area contributed by atoms with Crippen LogP contribution >= 0.6 is 0 Å². The number of nitrogens with zero attached hydrogens (tertiary/aromatic N) is 2. The summed E-state index contributed by atoms with van der Waals surface area (Å²) >= 11 is 0. The second-order valence-corrected chi connectivity index (χ2v) is 2.80. The standard InChI is InChI=1S/C9H14N3O3/c1-4-15-6-10-8-7(2)5-11-12(13)9(8)14-3/h5-6H,4H2,1-3H3,(H,11,13)/q+1. The summed E-state index contributed by atoms with van der Waals surface area (Å²) in [6, 6.07) is 0. The van der Waals surface area contributed by atoms with Gasteiger partial charge >= 0.3 is 5.88 Å². The van der Waals surface area contributed by atoms with Gasteiger partial charge in [0.05, 0.1) is 24.8 Å². The van der Waals surface area contributed by atoms with Crippen LogP contribution in [0.2, 0.25) is 0 Å². The van der Waals surface area contributed by atoms with Crippen LogP contribution in [0.25, 0.3) is 0 Å². The van der Waals surface area contributed by atoms with Gasteiger partial charge in [-0.15, -0.1) is 5.10 Å². The molecule has 6 heteroatoms. The minimum Gasteiger partial charge on any atom is -0.483 e. The number of aliphatic imine (C=N–C) groups is 1. The first-order valence-corrected chi connectivity index (χ1v) is 4.53. The third kappa shape index (κ3) is 2.55. The van der Waals surface area contributed by atoms with Crippen LogP contribution in [0.1, 0.15) is 12.5 Å². The van der Waals surface area contributed by atoms with Crippen molar-refractivity contribution in [2.75, 3.05) is 13.7 Å². The average molecular weight is 212 g/mol. The molecule has 6 nitrogen and oxygen atoms in total. The van der Waals surface area contributed by atoms with Crippen molar-refractivity contribution in [2.24, 2.45) is 4.99 Å². The number of hydrogen-bond acceptors (Lipinski definition) is 4. The van der Waals surface area contributed by atoms with Crippen LogP contribution in [0.5, 0.6) is 5.88 Å². The van der Waals surface area contributed by atoms with Crippen molar-refractivity contribution in [2.45, 2.75) is 13.8 Å². The molecule has 1 aromatic heterocycles. The summed E-state index contributed by atoms with van der Waals surface area (Å²) in [4.78, 5) is 15.3. The van der Waals surface area contributed by atoms with E-state index in [0.29, 0.717) is 16.8 Å². The zero-order valence-corrected chi connectivity index (χ0v) is 8.98. The monoisotopic (exact) mass is 212 g/mol. The lowest BCUT2D eigenvalue weighted by atomic mass is 10.3. The number of nitrogens with one attached hydrogen (secondary N) is 1. The molecule has 0 saturated heterocycles. The Labute approximate surface area is 87.1 Å². The van der Waals surface area contributed by atoms with Gasteiger partial charge in [-0.2, -0.15) is 0 Å². The molecule has 1 heterocycles. The molecule has 0 bridgehead atoms. The number of hydrogen-bond donors (Lipinski definition) is 1. The molecule has 1 aromatic rings. The van der Waals surface area contributed by atoms with Gasteiger partial charge in [-0.1, -0.05) is 0 Å². The number of ether oxygens (including phenoxy) is 2. The quantitative estimate of drug-likeness (QED) is 0.459. The molecule has 15 heavy (non-hydrogen) atoms. The highest BCUT2D eigenvalue weighted by Crippen LogP contribution is 2.24. The first kappa shape index (κ1) is 11.2. The predicted octanol–water partition coefficient (Wildman–Crippen LogP) is 0.943. The second-order valence-electron chi connectivity index (χ2n) is 2.80. The van der Waals surface area contributed by atoms with Gasteiger partial charge in [-0.3, -0.25) is 0 Å². The molecule has 0 radical (unpaired) electrons. The molecular weight excluding hydrogens is 198 g/mol. The second kappa shape index (κ2) is 5.14. The lowest BCUT2D eigenvalue weighted by molar-refractivity contribution is -0.571. The van der Waals surface area contributed by atoms with Crippen LogP contribution in [0.15, 0.2) is 11.2 Å². The maximum atomic E-state index is 11.3. The number of aromatic amines is 1. The summed E-state index contributed by atoms with van der Waals surface area (Å²) in [5.74, 6) is 0.117. The molecule has 0 spiro atoms. The molecule has 82 valence electrons. The fourth-order valence-electron chi connectivity index (χ4n) is 1.05. The van der Waals surface area contributed by atoms with E-state index in [2.05, 4.69) is 10.1 Å². The largest absolute Gasteiger partial charge is 0.483 e. The van der Waals surface area contributed by atoms with Gasteiger partial charge in [0.25, 0.3) is 0 Å². The number of methoxy groups -OCH3 is 1. The Morgan fingerprint density at radius 3 is 3.00 bits per heavy atom. The number of H-pyrrole nitrogens is 1. The van der Waals surface area contributed by atoms with Gasteiger partial charge in [-0.25, -0.2) is 4.99 Å². The van der Waals surface area contributed by atoms with Crippen molar-refractivity contribution >= 4 is 12.1 Å². The van der Waals surface area contributed by atoms with Gasteiger partial charge < -0.3 is 9.47 Å². The molecule has 0 aliphatic rings. The van der Waals surface area contributed by atoms with E-state index >= 15 is 0 Å². The van der Waals surface area contributed by atoms with Gasteiger partial charge in [0.2, 0.25) is 4.54 Å². The molecular formula is C9H14N3O3+. The summed E-state index contributed by atoms with van der Waals surface area (Å²) in [6.45, 7) is 4.20. The summed E-state index contributed by atoms with van der Waals surface area (Å²) < 4.78 is 10.4. The van der Waals surface area contributed by atoms with Crippen LogP contribution < -0.4 is 9.28 Å². The molecule has 0 atom stereocenters. The minimum absolute atomic E-state index is 0.117. The Kier molecular flexibility index (Phi) is 3.84. The first-order valence-electron chi connectivity index (χ1n) is 4.53. The molecule has 0 unspecified atom stereocenters. The van der Waals surface area contributed by atoms with E-state index in [0.717, 1.165) is 5.56 Å². The van der Waals surface area contributed by atoms with Crippen LogP contribution in [-0.4, -0.2) is 25.2 Å². The number of rotatable bonds is 4. The Bertz CT molecular complexity index is 412. The van der Waals surface area contributed by atoms with Gasteiger partial charge in [0.15, 0.2) is 12.1 Å². The average Bonchev–Trinajstić information content (AvgIpc) is 2.23. The van der Waals surface area contributed by atoms with E-state index in [1.54, 1.807) is 6.20 Å². The Balaban J connectivity index is 3.14. The van der Waals surface area contributed by atoms with Crippen LogP contribution in [0.3, 0.4) is 0 Å². The van der Waals surface area contributed by atoms with Crippen LogP contribution in [-0.2, 0) is 4.74 Å². The lowest BCUT2D eigenvalue weighted by Gasteiger charge is -1.98. The molecule has 0 amide bonds. The number of aryl methyl sites for hydroxylation is 1. The van der Waals surface area contributed by atoms with E-state index in [9.17, 15) is 4.91 Å². The summed E-state index contributed by atoms with van der Waals surface area (Å²) in [6.07, 6.45) is 2.85. The lowest BCUT2D eigenvalue weighted by Crippen LogP contribution is -2.22. The smallest absolute Gasteiger partial charge is 0.476 e. The molecule has 1 N–H and O–H groups in total. The zero-order valence-electron chi connectivity index (χ0n) is 8.98. The van der Waals surface area contributed by atoms with Crippen LogP contribution in [0.4, 0.5) is 5.69 Å². The van der Waals surface area contributed by atoms with E-state index in [-0.39, 0.29) is 5.88 Å². The Morgan fingerprint density at radius 2 is 2.40 bits per heavy atom. The summed E-state index contributed by atoms with van der Waals surface area (Å²) in [5.41, 5.74) is 1.26. The molecule has 0 aliphatic carbocycles. The first-order chi connectivity index (χ1) is 7.20. The highest BCUT2D eigenvalue weighted by Gasteiger charge is 2.18. The fraction of sp³-hybridized carbons (Fsp3) is 0.444. The summed E-state index contributed by atoms with van der Waals surface area (Å²) in [7, 11) is 1.41. The van der Waals surface area contributed by atoms with E-state index in [4.69, 9.17) is 9.47 Å². The number of aromatic nitrogens is 2. The molecule has 0 aromatic carbocycles. The van der Waals surface area contributed by atoms with E-state index < -0.39 is 0 Å². The molecule has 0 aliphatic heterocycles. The van der Waals surface area contributed by atoms with Crippen molar-refractivity contribution in [3.63, 3.8) is 0 Å². The van der Waals surface area contributed by atoms with E-state index in [1.807, 2.05) is 13.8 Å². The molecule has 1 rings (SSSR count). The SMILES string of the molecule is CCOC=Nc1c(C)c[nH][n+](=O)c1OC. The summed E-state index contributed by atoms with van der Waals surface area (Å²) in [5, 5.41) is 2.47. The minimum atomic E-state index is 0.117. The Morgan fingerprint density at radius 1 is 1.67 bits per heavy atom. The van der Waals surface area contributed by atoms with Crippen LogP contribution in [0, 0.1) is 11.8 Å². The van der Waals surface area contributed by atoms with E-state index in [1.165, 1.54) is 13.5 Å². The molecule has 0 fully saturated rings. The van der Waals surface area contributed by atoms with Crippen molar-refractivity contribution in [3.05, 3.63) is 16.7 Å². The van der Waals surface area contributed by atoms with Gasteiger partial charge in [0, 0.05) is 5.56 Å². The van der Waals surface area contributed by atoms with Crippen molar-refractivity contribution in [1.29, 1.82) is 0 Å². The van der Waals surface area contributed by atoms with Crippen molar-refractivity contribution in [3.8, 4) is 5.88 Å². The molecule has 0 saturated carbocycles. The maximum absolute atomic E-state index is 11.3. The predicted molar refractivity (Wildman–Crippen MR) is 55.2 cm³/mol. The fourth-order valence-corrected chi connectivity index (χ4v) is 1.05.